The number of aryl methyl sites for hydroxylation is 3. The van der Waals surface area contributed by atoms with Crippen molar-refractivity contribution >= 4 is 28.4 Å². The van der Waals surface area contributed by atoms with Gasteiger partial charge in [0.15, 0.2) is 6.29 Å². The van der Waals surface area contributed by atoms with Crippen molar-refractivity contribution in [3.05, 3.63) is 99.5 Å². The summed E-state index contributed by atoms with van der Waals surface area (Å²) >= 11 is 1.45. The van der Waals surface area contributed by atoms with Crippen molar-refractivity contribution < 1.29 is 6.22 Å². The lowest BCUT2D eigenvalue weighted by Crippen LogP contribution is -2.02. The summed E-state index contributed by atoms with van der Waals surface area (Å²) in [5.74, 6) is 0.800. The van der Waals surface area contributed by atoms with Crippen molar-refractivity contribution in [2.45, 2.75) is 64.2 Å². The highest BCUT2D eigenvalue weighted by atomic mass is 32.1. The number of thiophene rings is 1. The Bertz CT molecular complexity index is 1170. The molecule has 2 nitrogen and oxygen atoms in total. The number of nitrogens with zero attached hydrogens (tertiary/aromatic N) is 1. The fourth-order valence-corrected chi connectivity index (χ4v) is 4.76. The minimum atomic E-state index is 0. The van der Waals surface area contributed by atoms with E-state index in [0.29, 0.717) is 0 Å². The third kappa shape index (κ3) is 6.85. The van der Waals surface area contributed by atoms with E-state index in [1.54, 1.807) is 6.07 Å². The van der Waals surface area contributed by atoms with Crippen molar-refractivity contribution in [2.24, 2.45) is 0 Å². The summed E-state index contributed by atoms with van der Waals surface area (Å²) in [5, 5.41) is 4.53. The van der Waals surface area contributed by atoms with Crippen LogP contribution in [0.5, 0.6) is 0 Å². The van der Waals surface area contributed by atoms with Gasteiger partial charge in [-0.05, 0) is 83.9 Å². The Morgan fingerprint density at radius 3 is 2.48 bits per heavy atom. The maximum atomic E-state index is 9.88. The largest absolute Gasteiger partial charge is 0.297 e. The molecule has 1 aliphatic rings. The zero-order valence-corrected chi connectivity index (χ0v) is 20.3. The number of carbonyl (C=O) groups is 1. The maximum Gasteiger partial charge on any atom is 0.159 e. The molecule has 1 fully saturated rings. The molecule has 172 valence electrons. The van der Waals surface area contributed by atoms with Crippen molar-refractivity contribution in [1.29, 1.82) is 0 Å². The van der Waals surface area contributed by atoms with Crippen LogP contribution < -0.4 is 0 Å². The van der Waals surface area contributed by atoms with Crippen molar-refractivity contribution in [3.8, 4) is 0 Å². The fourth-order valence-electron chi connectivity index (χ4n) is 4.23. The van der Waals surface area contributed by atoms with Crippen molar-refractivity contribution in [2.75, 3.05) is 0 Å². The fraction of sp³-hybridized carbons (Fsp3) is 0.333. The summed E-state index contributed by atoms with van der Waals surface area (Å²) in [6.07, 6.45) is 10.7. The topological polar surface area (TPSA) is 30.0 Å². The number of pyridine rings is 1. The molecule has 33 heavy (non-hydrogen) atoms. The van der Waals surface area contributed by atoms with Gasteiger partial charge in [0, 0.05) is 12.8 Å². The minimum absolute atomic E-state index is 0. The van der Waals surface area contributed by atoms with Crippen LogP contribution in [-0.2, 0) is 19.3 Å². The maximum absolute atomic E-state index is 9.88. The minimum Gasteiger partial charge on any atom is -0.297 e. The molecule has 0 spiro atoms. The zero-order valence-electron chi connectivity index (χ0n) is 19.5. The molecule has 4 aromatic rings. The lowest BCUT2D eigenvalue weighted by atomic mass is 10.0. The van der Waals surface area contributed by atoms with E-state index in [0.717, 1.165) is 36.3 Å². The summed E-state index contributed by atoms with van der Waals surface area (Å²) in [4.78, 5) is 15.8. The molecule has 0 N–H and O–H groups in total. The Balaban J connectivity index is 0.000000350. The van der Waals surface area contributed by atoms with Crippen LogP contribution in [0.25, 0.3) is 10.8 Å². The highest BCUT2D eigenvalue weighted by Crippen LogP contribution is 2.41. The van der Waals surface area contributed by atoms with Crippen LogP contribution in [0.2, 0.25) is 0 Å². The van der Waals surface area contributed by atoms with Gasteiger partial charge in [0.2, 0.25) is 0 Å². The molecule has 3 heteroatoms. The Morgan fingerprint density at radius 2 is 1.79 bits per heavy atom. The van der Waals surface area contributed by atoms with E-state index in [9.17, 15) is 4.79 Å². The van der Waals surface area contributed by atoms with Crippen LogP contribution in [-0.4, -0.2) is 11.3 Å². The number of carbonyl (C=O) groups excluding carboxylic acids is 1. The van der Waals surface area contributed by atoms with Gasteiger partial charge in [-0.25, -0.2) is 0 Å². The number of rotatable bonds is 9. The van der Waals surface area contributed by atoms with Gasteiger partial charge in [-0.1, -0.05) is 74.4 Å². The van der Waals surface area contributed by atoms with E-state index >= 15 is 0 Å². The average molecular weight is 458 g/mol. The van der Waals surface area contributed by atoms with E-state index in [-0.39, 0.29) is 1.43 Å². The summed E-state index contributed by atoms with van der Waals surface area (Å²) in [6, 6.07) is 23.7. The second-order valence-corrected chi connectivity index (χ2v) is 9.86. The molecular weight excluding hydrogens is 422 g/mol. The van der Waals surface area contributed by atoms with E-state index < -0.39 is 0 Å². The molecule has 2 aromatic carbocycles. The molecule has 5 rings (SSSR count). The molecular formula is C30H35NOS. The molecule has 2 aromatic heterocycles. The lowest BCUT2D eigenvalue weighted by Gasteiger charge is -2.11. The van der Waals surface area contributed by atoms with Gasteiger partial charge < -0.3 is 0 Å². The highest BCUT2D eigenvalue weighted by Gasteiger charge is 2.26. The standard InChI is InChI=1S/C25H29N.C5H4OS.H2/c1-2-3-4-9-25-24(21-13-14-21)17-16-23(26-25)15-11-19-10-12-20-7-5-6-8-22(20)18-19;6-4-5-2-1-3-7-5;/h5-8,10,12,16-18,21H,2-4,9,11,13-15H2,1H3;1-4H;1H. The van der Waals surface area contributed by atoms with E-state index in [4.69, 9.17) is 4.98 Å². The van der Waals surface area contributed by atoms with Crippen LogP contribution in [0.3, 0.4) is 0 Å². The predicted octanol–water partition coefficient (Wildman–Crippen LogP) is 8.44. The molecule has 0 bridgehead atoms. The molecule has 1 saturated carbocycles. The lowest BCUT2D eigenvalue weighted by molar-refractivity contribution is 0.112. The summed E-state index contributed by atoms with van der Waals surface area (Å²) in [6.45, 7) is 2.27. The molecule has 0 radical (unpaired) electrons. The van der Waals surface area contributed by atoms with Crippen LogP contribution in [0.4, 0.5) is 0 Å². The first-order chi connectivity index (χ1) is 16.3. The zero-order chi connectivity index (χ0) is 22.9. The molecule has 0 amide bonds. The number of hydrogen-bond donors (Lipinski definition) is 0. The van der Waals surface area contributed by atoms with Gasteiger partial charge in [0.05, 0.1) is 4.88 Å². The second kappa shape index (κ2) is 11.9. The SMILES string of the molecule is CCCCCc1nc(CCc2ccc3ccccc3c2)ccc1C1CC1.O=Cc1cccs1.[HH]. The van der Waals surface area contributed by atoms with Crippen LogP contribution >= 0.6 is 11.3 Å². The Labute approximate surface area is 203 Å². The van der Waals surface area contributed by atoms with Crippen LogP contribution in [0.15, 0.2) is 72.1 Å². The first-order valence-corrected chi connectivity index (χ1v) is 13.1. The number of fused-ring (bicyclic) bond motifs is 1. The van der Waals surface area contributed by atoms with Gasteiger partial charge in [0.1, 0.15) is 0 Å². The molecule has 0 saturated heterocycles. The predicted molar refractivity (Wildman–Crippen MR) is 143 cm³/mol. The molecule has 2 heterocycles. The summed E-state index contributed by atoms with van der Waals surface area (Å²) < 4.78 is 0. The van der Waals surface area contributed by atoms with E-state index in [1.165, 1.54) is 76.7 Å². The smallest absolute Gasteiger partial charge is 0.159 e. The number of hydrogen-bond acceptors (Lipinski definition) is 3. The average Bonchev–Trinajstić information content (AvgIpc) is 3.56. The van der Waals surface area contributed by atoms with Gasteiger partial charge in [-0.3, -0.25) is 9.78 Å². The number of benzene rings is 2. The van der Waals surface area contributed by atoms with E-state index in [1.807, 2.05) is 11.4 Å². The van der Waals surface area contributed by atoms with Crippen molar-refractivity contribution in [1.82, 2.24) is 4.98 Å². The molecule has 0 aliphatic heterocycles. The second-order valence-electron chi connectivity index (χ2n) is 8.88. The Kier molecular flexibility index (Phi) is 8.43. The first kappa shape index (κ1) is 23.4. The van der Waals surface area contributed by atoms with Gasteiger partial charge in [-0.15, -0.1) is 11.3 Å². The summed E-state index contributed by atoms with van der Waals surface area (Å²) in [7, 11) is 0. The summed E-state index contributed by atoms with van der Waals surface area (Å²) in [5.41, 5.74) is 5.59. The number of aromatic nitrogens is 1. The highest BCUT2D eigenvalue weighted by molar-refractivity contribution is 7.11. The van der Waals surface area contributed by atoms with Crippen LogP contribution in [0, 0.1) is 0 Å². The monoisotopic (exact) mass is 457 g/mol. The third-order valence-electron chi connectivity index (χ3n) is 6.24. The number of unbranched alkanes of at least 4 members (excludes halogenated alkanes) is 2. The third-order valence-corrected chi connectivity index (χ3v) is 7.04. The normalized spacial score (nSPS) is 12.9. The van der Waals surface area contributed by atoms with Gasteiger partial charge in [0.25, 0.3) is 0 Å². The first-order valence-electron chi connectivity index (χ1n) is 12.2. The molecule has 0 unspecified atom stereocenters. The number of aldehydes is 1. The van der Waals surface area contributed by atoms with Crippen molar-refractivity contribution in [3.63, 3.8) is 0 Å². The van der Waals surface area contributed by atoms with Crippen LogP contribution in [0.1, 0.15) is 78.6 Å². The Morgan fingerprint density at radius 1 is 0.939 bits per heavy atom. The quantitative estimate of drug-likeness (QED) is 0.186. The Hall–Kier alpha value is -2.78. The molecule has 0 atom stereocenters. The molecule has 1 aliphatic carbocycles. The van der Waals surface area contributed by atoms with E-state index in [2.05, 4.69) is 61.5 Å². The van der Waals surface area contributed by atoms with Gasteiger partial charge >= 0.3 is 0 Å². The van der Waals surface area contributed by atoms with Gasteiger partial charge in [-0.2, -0.15) is 0 Å².